The van der Waals surface area contributed by atoms with Crippen LogP contribution in [0.3, 0.4) is 0 Å². The largest absolute Gasteiger partial charge is 0.355 e. The number of rotatable bonds is 2. The summed E-state index contributed by atoms with van der Waals surface area (Å²) in [6.45, 7) is 5.33. The van der Waals surface area contributed by atoms with Crippen LogP contribution in [0.5, 0.6) is 0 Å². The number of aryl methyl sites for hydroxylation is 1. The molecule has 5 nitrogen and oxygen atoms in total. The van der Waals surface area contributed by atoms with Crippen molar-refractivity contribution in [1.29, 1.82) is 0 Å². The van der Waals surface area contributed by atoms with E-state index in [1.54, 1.807) is 0 Å². The van der Waals surface area contributed by atoms with E-state index in [9.17, 15) is 4.79 Å². The molecule has 0 atom stereocenters. The Hall–Kier alpha value is -2.95. The van der Waals surface area contributed by atoms with E-state index in [0.717, 1.165) is 68.0 Å². The number of benzene rings is 2. The molecular weight excluding hydrogens is 360 g/mol. The number of piperidine rings is 1. The number of aromatic nitrogens is 2. The average Bonchev–Trinajstić information content (AvgIpc) is 2.78. The predicted octanol–water partition coefficient (Wildman–Crippen LogP) is 3.74. The molecule has 0 bridgehead atoms. The second-order valence-electron chi connectivity index (χ2n) is 8.16. The van der Waals surface area contributed by atoms with Crippen molar-refractivity contribution >= 4 is 22.8 Å². The van der Waals surface area contributed by atoms with Crippen LogP contribution in [-0.4, -0.2) is 40.4 Å². The van der Waals surface area contributed by atoms with Gasteiger partial charge in [0.1, 0.15) is 0 Å². The molecule has 2 aliphatic rings. The van der Waals surface area contributed by atoms with Gasteiger partial charge in [-0.05, 0) is 49.4 Å². The second kappa shape index (κ2) is 7.47. The lowest BCUT2D eigenvalue weighted by Crippen LogP contribution is -2.44. The summed E-state index contributed by atoms with van der Waals surface area (Å²) in [5, 5.41) is 0. The van der Waals surface area contributed by atoms with Crippen molar-refractivity contribution in [2.75, 3.05) is 24.5 Å². The van der Waals surface area contributed by atoms with Gasteiger partial charge in [-0.15, -0.1) is 0 Å². The molecule has 1 amide bonds. The van der Waals surface area contributed by atoms with E-state index in [2.05, 4.69) is 34.1 Å². The fourth-order valence-corrected chi connectivity index (χ4v) is 4.66. The first-order valence-corrected chi connectivity index (χ1v) is 10.5. The van der Waals surface area contributed by atoms with Gasteiger partial charge >= 0.3 is 0 Å². The van der Waals surface area contributed by atoms with E-state index in [1.807, 2.05) is 31.2 Å². The van der Waals surface area contributed by atoms with E-state index in [-0.39, 0.29) is 5.92 Å². The zero-order valence-electron chi connectivity index (χ0n) is 16.8. The van der Waals surface area contributed by atoms with Crippen molar-refractivity contribution in [3.05, 3.63) is 65.4 Å². The Morgan fingerprint density at radius 1 is 0.897 bits per heavy atom. The number of carbonyl (C=O) groups excluding carboxylic acids is 1. The minimum atomic E-state index is 0.116. The first-order chi connectivity index (χ1) is 14.2. The van der Waals surface area contributed by atoms with Crippen molar-refractivity contribution < 1.29 is 4.79 Å². The van der Waals surface area contributed by atoms with Crippen LogP contribution in [0.15, 0.2) is 48.5 Å². The highest BCUT2D eigenvalue weighted by Gasteiger charge is 2.31. The Morgan fingerprint density at radius 3 is 2.31 bits per heavy atom. The third kappa shape index (κ3) is 3.46. The van der Waals surface area contributed by atoms with Gasteiger partial charge in [0.2, 0.25) is 5.91 Å². The third-order valence-corrected chi connectivity index (χ3v) is 6.31. The zero-order valence-corrected chi connectivity index (χ0v) is 16.8. The summed E-state index contributed by atoms with van der Waals surface area (Å²) in [6.07, 6.45) is 2.72. The Kier molecular flexibility index (Phi) is 4.66. The minimum absolute atomic E-state index is 0.116. The van der Waals surface area contributed by atoms with Crippen LogP contribution >= 0.6 is 0 Å². The highest BCUT2D eigenvalue weighted by molar-refractivity contribution is 5.80. The molecule has 29 heavy (non-hydrogen) atoms. The van der Waals surface area contributed by atoms with E-state index in [4.69, 9.17) is 9.97 Å². The number of fused-ring (bicyclic) bond motifs is 2. The van der Waals surface area contributed by atoms with Crippen molar-refractivity contribution in [1.82, 2.24) is 14.9 Å². The second-order valence-corrected chi connectivity index (χ2v) is 8.16. The Bertz CT molecular complexity index is 1060. The van der Waals surface area contributed by atoms with Gasteiger partial charge < -0.3 is 9.80 Å². The van der Waals surface area contributed by atoms with E-state index >= 15 is 0 Å². The number of carbonyl (C=O) groups is 1. The van der Waals surface area contributed by atoms with Crippen molar-refractivity contribution in [3.63, 3.8) is 0 Å². The molecule has 0 radical (unpaired) electrons. The highest BCUT2D eigenvalue weighted by atomic mass is 16.2. The summed E-state index contributed by atoms with van der Waals surface area (Å²) in [5.74, 6) is 1.40. The number of hydrogen-bond acceptors (Lipinski definition) is 4. The lowest BCUT2D eigenvalue weighted by atomic mass is 9.93. The maximum absolute atomic E-state index is 13.1. The molecular formula is C24H26N4O. The van der Waals surface area contributed by atoms with Crippen LogP contribution in [0.1, 0.15) is 29.7 Å². The summed E-state index contributed by atoms with van der Waals surface area (Å²) in [6, 6.07) is 16.5. The fourth-order valence-electron chi connectivity index (χ4n) is 4.66. The molecule has 1 fully saturated rings. The van der Waals surface area contributed by atoms with Gasteiger partial charge in [-0.1, -0.05) is 36.4 Å². The molecule has 0 aliphatic carbocycles. The normalized spacial score (nSPS) is 17.4. The van der Waals surface area contributed by atoms with E-state index in [1.165, 1.54) is 11.1 Å². The number of hydrogen-bond donors (Lipinski definition) is 0. The molecule has 0 N–H and O–H groups in total. The molecule has 0 unspecified atom stereocenters. The van der Waals surface area contributed by atoms with Crippen molar-refractivity contribution in [2.45, 2.75) is 32.7 Å². The maximum atomic E-state index is 13.1. The quantitative estimate of drug-likeness (QED) is 0.673. The van der Waals surface area contributed by atoms with Crippen LogP contribution in [0.4, 0.5) is 5.82 Å². The molecule has 2 aromatic carbocycles. The van der Waals surface area contributed by atoms with E-state index in [0.29, 0.717) is 5.91 Å². The molecule has 3 heterocycles. The molecule has 1 aromatic heterocycles. The predicted molar refractivity (Wildman–Crippen MR) is 115 cm³/mol. The summed E-state index contributed by atoms with van der Waals surface area (Å²) >= 11 is 0. The monoisotopic (exact) mass is 386 g/mol. The molecule has 3 aromatic rings. The third-order valence-electron chi connectivity index (χ3n) is 6.31. The topological polar surface area (TPSA) is 49.3 Å². The number of para-hydroxylation sites is 2. The smallest absolute Gasteiger partial charge is 0.226 e. The summed E-state index contributed by atoms with van der Waals surface area (Å²) in [5.41, 5.74) is 5.51. The zero-order chi connectivity index (χ0) is 19.8. The molecule has 5 heteroatoms. The first-order valence-electron chi connectivity index (χ1n) is 10.5. The van der Waals surface area contributed by atoms with Crippen molar-refractivity contribution in [3.8, 4) is 0 Å². The van der Waals surface area contributed by atoms with Gasteiger partial charge in [-0.25, -0.2) is 9.97 Å². The van der Waals surface area contributed by atoms with Crippen LogP contribution < -0.4 is 4.90 Å². The lowest BCUT2D eigenvalue weighted by Gasteiger charge is -2.36. The molecule has 5 rings (SSSR count). The lowest BCUT2D eigenvalue weighted by molar-refractivity contribution is -0.137. The van der Waals surface area contributed by atoms with Crippen LogP contribution in [0.2, 0.25) is 0 Å². The van der Waals surface area contributed by atoms with Gasteiger partial charge in [0, 0.05) is 32.1 Å². The SMILES string of the molecule is Cc1nc2ccccc2nc1N1CCC(C(=O)N2CCc3ccccc3C2)CC1. The first kappa shape index (κ1) is 18.1. The van der Waals surface area contributed by atoms with E-state index < -0.39 is 0 Å². The minimum Gasteiger partial charge on any atom is -0.355 e. The molecule has 2 aliphatic heterocycles. The summed E-state index contributed by atoms with van der Waals surface area (Å²) in [4.78, 5) is 27.1. The van der Waals surface area contributed by atoms with Gasteiger partial charge in [0.25, 0.3) is 0 Å². The standard InChI is InChI=1S/C24H26N4O/c1-17-23(26-22-9-5-4-8-21(22)25-17)27-13-11-19(12-14-27)24(29)28-15-10-18-6-2-3-7-20(18)16-28/h2-9,19H,10-16H2,1H3. The van der Waals surface area contributed by atoms with Gasteiger partial charge in [0.15, 0.2) is 5.82 Å². The summed E-state index contributed by atoms with van der Waals surface area (Å²) in [7, 11) is 0. The Balaban J connectivity index is 1.26. The number of anilines is 1. The maximum Gasteiger partial charge on any atom is 0.226 e. The van der Waals surface area contributed by atoms with Gasteiger partial charge in [-0.3, -0.25) is 4.79 Å². The number of nitrogens with zero attached hydrogens (tertiary/aromatic N) is 4. The average molecular weight is 386 g/mol. The van der Waals surface area contributed by atoms with Crippen molar-refractivity contribution in [2.24, 2.45) is 5.92 Å². The Labute approximate surface area is 171 Å². The van der Waals surface area contributed by atoms with Crippen LogP contribution in [0, 0.1) is 12.8 Å². The van der Waals surface area contributed by atoms with Gasteiger partial charge in [0.05, 0.1) is 16.7 Å². The summed E-state index contributed by atoms with van der Waals surface area (Å²) < 4.78 is 0. The number of amides is 1. The molecule has 148 valence electrons. The molecule has 0 spiro atoms. The van der Waals surface area contributed by atoms with Gasteiger partial charge in [-0.2, -0.15) is 0 Å². The van der Waals surface area contributed by atoms with Crippen LogP contribution in [0.25, 0.3) is 11.0 Å². The molecule has 1 saturated heterocycles. The Morgan fingerprint density at radius 2 is 1.55 bits per heavy atom. The fraction of sp³-hybridized carbons (Fsp3) is 0.375. The van der Waals surface area contributed by atoms with Crippen LogP contribution in [-0.2, 0) is 17.8 Å². The highest BCUT2D eigenvalue weighted by Crippen LogP contribution is 2.28. The molecule has 0 saturated carbocycles.